The van der Waals surface area contributed by atoms with Crippen molar-refractivity contribution >= 4 is 5.96 Å². The molecule has 1 saturated heterocycles. The van der Waals surface area contributed by atoms with E-state index in [4.69, 9.17) is 13.9 Å². The molecule has 0 radical (unpaired) electrons. The summed E-state index contributed by atoms with van der Waals surface area (Å²) < 4.78 is 16.9. The van der Waals surface area contributed by atoms with E-state index >= 15 is 0 Å². The molecule has 1 aliphatic rings. The van der Waals surface area contributed by atoms with Crippen LogP contribution in [0, 0.1) is 0 Å². The Morgan fingerprint density at radius 3 is 2.59 bits per heavy atom. The molecule has 1 aromatic carbocycles. The number of ether oxygens (including phenoxy) is 2. The third kappa shape index (κ3) is 6.15. The molecule has 7 heteroatoms. The smallest absolute Gasteiger partial charge is 0.191 e. The zero-order valence-electron chi connectivity index (χ0n) is 17.6. The number of hydrogen-bond donors (Lipinski definition) is 2. The van der Waals surface area contributed by atoms with Crippen molar-refractivity contribution in [2.45, 2.75) is 31.9 Å². The van der Waals surface area contributed by atoms with E-state index in [1.54, 1.807) is 20.4 Å². The maximum atomic E-state index is 5.97. The summed E-state index contributed by atoms with van der Waals surface area (Å²) in [5, 5.41) is 6.78. The average molecular weight is 401 g/mol. The Morgan fingerprint density at radius 1 is 1.14 bits per heavy atom. The number of nitrogens with zero attached hydrogens (tertiary/aromatic N) is 2. The molecule has 158 valence electrons. The van der Waals surface area contributed by atoms with E-state index in [1.165, 1.54) is 12.8 Å². The molecular weight excluding hydrogens is 368 g/mol. The van der Waals surface area contributed by atoms with Crippen molar-refractivity contribution in [3.05, 3.63) is 48.4 Å². The third-order valence-corrected chi connectivity index (χ3v) is 5.07. The summed E-state index contributed by atoms with van der Waals surface area (Å²) in [5.74, 6) is 3.31. The van der Waals surface area contributed by atoms with Gasteiger partial charge in [0.05, 0.1) is 26.0 Å². The second kappa shape index (κ2) is 10.8. The van der Waals surface area contributed by atoms with Gasteiger partial charge in [0.15, 0.2) is 5.96 Å². The second-order valence-electron chi connectivity index (χ2n) is 7.22. The molecule has 7 nitrogen and oxygen atoms in total. The molecule has 0 bridgehead atoms. The Kier molecular flexibility index (Phi) is 7.81. The Morgan fingerprint density at radius 2 is 1.90 bits per heavy atom. The van der Waals surface area contributed by atoms with Crippen LogP contribution in [0.2, 0.25) is 0 Å². The summed E-state index contributed by atoms with van der Waals surface area (Å²) in [4.78, 5) is 6.81. The lowest BCUT2D eigenvalue weighted by Gasteiger charge is -2.27. The largest absolute Gasteiger partial charge is 0.497 e. The average Bonchev–Trinajstić information content (AvgIpc) is 3.45. The Labute approximate surface area is 173 Å². The van der Waals surface area contributed by atoms with Gasteiger partial charge in [0.1, 0.15) is 23.4 Å². The van der Waals surface area contributed by atoms with E-state index in [2.05, 4.69) is 20.5 Å². The lowest BCUT2D eigenvalue weighted by Crippen LogP contribution is -2.45. The van der Waals surface area contributed by atoms with Crippen LogP contribution in [-0.4, -0.2) is 57.3 Å². The van der Waals surface area contributed by atoms with Crippen LogP contribution in [-0.2, 0) is 0 Å². The van der Waals surface area contributed by atoms with Crippen molar-refractivity contribution in [1.82, 2.24) is 15.5 Å². The van der Waals surface area contributed by atoms with Crippen LogP contribution >= 0.6 is 0 Å². The van der Waals surface area contributed by atoms with Crippen molar-refractivity contribution in [3.8, 4) is 11.5 Å². The highest BCUT2D eigenvalue weighted by molar-refractivity contribution is 5.79. The fourth-order valence-corrected chi connectivity index (χ4v) is 3.55. The van der Waals surface area contributed by atoms with Crippen LogP contribution in [0.4, 0.5) is 0 Å². The second-order valence-corrected chi connectivity index (χ2v) is 7.22. The number of likely N-dealkylation sites (tertiary alicyclic amines) is 1. The SMILES string of the molecule is CN=C(NCC(C)Oc1cccc(OC)c1)NCC(c1ccco1)N1CCCC1. The Bertz CT molecular complexity index is 757. The van der Waals surface area contributed by atoms with Gasteiger partial charge in [0.25, 0.3) is 0 Å². The first-order valence-corrected chi connectivity index (χ1v) is 10.2. The van der Waals surface area contributed by atoms with E-state index in [0.29, 0.717) is 6.54 Å². The number of nitrogens with one attached hydrogen (secondary N) is 2. The van der Waals surface area contributed by atoms with Gasteiger partial charge < -0.3 is 24.5 Å². The number of methoxy groups -OCH3 is 1. The van der Waals surface area contributed by atoms with Gasteiger partial charge in [-0.15, -0.1) is 0 Å². The summed E-state index contributed by atoms with van der Waals surface area (Å²) in [5.41, 5.74) is 0. The predicted octanol–water partition coefficient (Wildman–Crippen LogP) is 3.06. The molecule has 2 unspecified atom stereocenters. The molecule has 0 aliphatic carbocycles. The zero-order valence-corrected chi connectivity index (χ0v) is 17.6. The lowest BCUT2D eigenvalue weighted by molar-refractivity contribution is 0.213. The van der Waals surface area contributed by atoms with Crippen LogP contribution in [0.5, 0.6) is 11.5 Å². The molecule has 2 aromatic rings. The Balaban J connectivity index is 1.49. The molecule has 2 N–H and O–H groups in total. The number of aliphatic imine (C=N–C) groups is 1. The topological polar surface area (TPSA) is 71.3 Å². The summed E-state index contributed by atoms with van der Waals surface area (Å²) in [6.45, 7) is 5.59. The zero-order chi connectivity index (χ0) is 20.5. The van der Waals surface area contributed by atoms with Gasteiger partial charge in [-0.2, -0.15) is 0 Å². The number of benzene rings is 1. The molecule has 2 atom stereocenters. The van der Waals surface area contributed by atoms with E-state index in [-0.39, 0.29) is 12.1 Å². The standard InChI is InChI=1S/C22H32N4O3/c1-17(29-19-9-6-8-18(14-19)27-3)15-24-22(23-2)25-16-20(21-10-7-13-28-21)26-11-4-5-12-26/h6-10,13-14,17,20H,4-5,11-12,15-16H2,1-3H3,(H2,23,24,25). The quantitative estimate of drug-likeness (QED) is 0.498. The fourth-order valence-electron chi connectivity index (χ4n) is 3.55. The van der Waals surface area contributed by atoms with Gasteiger partial charge >= 0.3 is 0 Å². The summed E-state index contributed by atoms with van der Waals surface area (Å²) in [6.07, 6.45) is 4.19. The minimum absolute atomic E-state index is 0.0277. The highest BCUT2D eigenvalue weighted by atomic mass is 16.5. The molecule has 1 aromatic heterocycles. The minimum Gasteiger partial charge on any atom is -0.497 e. The van der Waals surface area contributed by atoms with Gasteiger partial charge in [-0.1, -0.05) is 6.07 Å². The molecule has 3 rings (SSSR count). The number of rotatable bonds is 9. The van der Waals surface area contributed by atoms with Gasteiger partial charge in [-0.3, -0.25) is 9.89 Å². The van der Waals surface area contributed by atoms with Crippen molar-refractivity contribution in [1.29, 1.82) is 0 Å². The molecule has 2 heterocycles. The van der Waals surface area contributed by atoms with E-state index in [1.807, 2.05) is 43.3 Å². The first-order chi connectivity index (χ1) is 14.2. The first kappa shape index (κ1) is 21.0. The number of furan rings is 1. The third-order valence-electron chi connectivity index (χ3n) is 5.07. The van der Waals surface area contributed by atoms with Crippen LogP contribution < -0.4 is 20.1 Å². The maximum Gasteiger partial charge on any atom is 0.191 e. The lowest BCUT2D eigenvalue weighted by atomic mass is 10.2. The van der Waals surface area contributed by atoms with Crippen LogP contribution in [0.1, 0.15) is 31.6 Å². The monoisotopic (exact) mass is 400 g/mol. The first-order valence-electron chi connectivity index (χ1n) is 10.2. The highest BCUT2D eigenvalue weighted by Crippen LogP contribution is 2.25. The van der Waals surface area contributed by atoms with Crippen LogP contribution in [0.15, 0.2) is 52.1 Å². The van der Waals surface area contributed by atoms with Gasteiger partial charge in [-0.25, -0.2) is 0 Å². The summed E-state index contributed by atoms with van der Waals surface area (Å²) in [7, 11) is 3.43. The molecule has 1 fully saturated rings. The molecule has 0 saturated carbocycles. The van der Waals surface area contributed by atoms with Crippen molar-refractivity contribution in [3.63, 3.8) is 0 Å². The normalized spacial score (nSPS) is 17.0. The van der Waals surface area contributed by atoms with Crippen molar-refractivity contribution in [2.75, 3.05) is 40.3 Å². The highest BCUT2D eigenvalue weighted by Gasteiger charge is 2.25. The number of guanidine groups is 1. The molecule has 29 heavy (non-hydrogen) atoms. The number of hydrogen-bond acceptors (Lipinski definition) is 5. The molecular formula is C22H32N4O3. The van der Waals surface area contributed by atoms with Crippen LogP contribution in [0.25, 0.3) is 0 Å². The van der Waals surface area contributed by atoms with Gasteiger partial charge in [0, 0.05) is 19.7 Å². The fraction of sp³-hybridized carbons (Fsp3) is 0.500. The molecule has 0 spiro atoms. The minimum atomic E-state index is -0.0277. The molecule has 1 aliphatic heterocycles. The maximum absolute atomic E-state index is 5.97. The van der Waals surface area contributed by atoms with Crippen LogP contribution in [0.3, 0.4) is 0 Å². The Hall–Kier alpha value is -2.67. The summed E-state index contributed by atoms with van der Waals surface area (Å²) in [6, 6.07) is 11.8. The predicted molar refractivity (Wildman–Crippen MR) is 115 cm³/mol. The van der Waals surface area contributed by atoms with E-state index in [9.17, 15) is 0 Å². The van der Waals surface area contributed by atoms with E-state index in [0.717, 1.165) is 42.9 Å². The molecule has 0 amide bonds. The van der Waals surface area contributed by atoms with Gasteiger partial charge in [0.2, 0.25) is 0 Å². The van der Waals surface area contributed by atoms with E-state index < -0.39 is 0 Å². The van der Waals surface area contributed by atoms with Gasteiger partial charge in [-0.05, 0) is 57.1 Å². The van der Waals surface area contributed by atoms with Crippen molar-refractivity contribution in [2.24, 2.45) is 4.99 Å². The van der Waals surface area contributed by atoms with Crippen molar-refractivity contribution < 1.29 is 13.9 Å². The summed E-state index contributed by atoms with van der Waals surface area (Å²) >= 11 is 0.